The predicted molar refractivity (Wildman–Crippen MR) is 57.8 cm³/mol. The number of thioether (sulfide) groups is 1. The maximum Gasteiger partial charge on any atom is 0.129 e. The third-order valence-corrected chi connectivity index (χ3v) is 4.10. The summed E-state index contributed by atoms with van der Waals surface area (Å²) in [5, 5.41) is 9.30. The zero-order chi connectivity index (χ0) is 9.86. The summed E-state index contributed by atoms with van der Waals surface area (Å²) in [5.41, 5.74) is 1.06. The first-order valence-electron chi connectivity index (χ1n) is 4.83. The van der Waals surface area contributed by atoms with Gasteiger partial charge in [-0.15, -0.1) is 11.8 Å². The van der Waals surface area contributed by atoms with Crippen LogP contribution in [0.1, 0.15) is 24.8 Å². The van der Waals surface area contributed by atoms with Crippen molar-refractivity contribution < 1.29 is 0 Å². The molecular weight excluding hydrogens is 192 g/mol. The molecule has 0 saturated carbocycles. The van der Waals surface area contributed by atoms with Crippen LogP contribution in [0.4, 0.5) is 0 Å². The molecule has 0 aromatic carbocycles. The van der Waals surface area contributed by atoms with E-state index < -0.39 is 0 Å². The fourth-order valence-electron chi connectivity index (χ4n) is 1.78. The highest BCUT2D eigenvalue weighted by Gasteiger charge is 2.34. The smallest absolute Gasteiger partial charge is 0.129 e. The topological polar surface area (TPSA) is 36.7 Å². The van der Waals surface area contributed by atoms with Crippen molar-refractivity contribution in [2.75, 3.05) is 5.75 Å². The molecule has 2 nitrogen and oxygen atoms in total. The molecule has 2 rings (SSSR count). The van der Waals surface area contributed by atoms with Gasteiger partial charge in [0.25, 0.3) is 0 Å². The second-order valence-corrected chi connectivity index (χ2v) is 4.88. The molecule has 14 heavy (non-hydrogen) atoms. The molecule has 0 radical (unpaired) electrons. The van der Waals surface area contributed by atoms with E-state index in [1.807, 2.05) is 18.3 Å². The Morgan fingerprint density at radius 3 is 3.00 bits per heavy atom. The van der Waals surface area contributed by atoms with E-state index in [1.165, 1.54) is 6.42 Å². The van der Waals surface area contributed by atoms with Crippen LogP contribution in [0.2, 0.25) is 0 Å². The van der Waals surface area contributed by atoms with Crippen LogP contribution < -0.4 is 0 Å². The Balaban J connectivity index is 2.33. The summed E-state index contributed by atoms with van der Waals surface area (Å²) in [6.45, 7) is 0. The van der Waals surface area contributed by atoms with Crippen molar-refractivity contribution >= 4 is 11.8 Å². The number of nitriles is 1. The third kappa shape index (κ3) is 1.62. The zero-order valence-corrected chi connectivity index (χ0v) is 8.76. The molecule has 1 aliphatic heterocycles. The van der Waals surface area contributed by atoms with Crippen LogP contribution in [0, 0.1) is 11.3 Å². The normalized spacial score (nSPS) is 26.8. The highest BCUT2D eigenvalue weighted by atomic mass is 32.2. The minimum atomic E-state index is -0.327. The van der Waals surface area contributed by atoms with Crippen molar-refractivity contribution in [1.29, 1.82) is 5.26 Å². The minimum absolute atomic E-state index is 0.327. The Morgan fingerprint density at radius 1 is 1.50 bits per heavy atom. The van der Waals surface area contributed by atoms with Crippen molar-refractivity contribution in [1.82, 2.24) is 4.98 Å². The lowest BCUT2D eigenvalue weighted by molar-refractivity contribution is 0.610. The molecule has 1 aliphatic rings. The van der Waals surface area contributed by atoms with E-state index in [0.717, 1.165) is 24.2 Å². The highest BCUT2D eigenvalue weighted by Crippen LogP contribution is 2.43. The van der Waals surface area contributed by atoms with Gasteiger partial charge in [-0.25, -0.2) is 0 Å². The second kappa shape index (κ2) is 4.02. The van der Waals surface area contributed by atoms with Crippen LogP contribution in [0.25, 0.3) is 0 Å². The molecule has 1 fully saturated rings. The molecule has 1 atom stereocenters. The third-order valence-electron chi connectivity index (χ3n) is 2.58. The van der Waals surface area contributed by atoms with E-state index in [1.54, 1.807) is 18.0 Å². The largest absolute Gasteiger partial charge is 0.264 e. The molecule has 2 heterocycles. The molecule has 0 bridgehead atoms. The summed E-state index contributed by atoms with van der Waals surface area (Å²) in [5.74, 6) is 1.09. The van der Waals surface area contributed by atoms with Gasteiger partial charge in [-0.2, -0.15) is 5.26 Å². The van der Waals surface area contributed by atoms with Crippen molar-refractivity contribution in [3.05, 3.63) is 30.1 Å². The second-order valence-electron chi connectivity index (χ2n) is 3.49. The van der Waals surface area contributed by atoms with Gasteiger partial charge in [0.05, 0.1) is 6.07 Å². The van der Waals surface area contributed by atoms with Crippen LogP contribution in [0.3, 0.4) is 0 Å². The van der Waals surface area contributed by atoms with E-state index in [0.29, 0.717) is 0 Å². The Bertz CT molecular complexity index is 336. The van der Waals surface area contributed by atoms with Gasteiger partial charge in [-0.3, -0.25) is 4.98 Å². The van der Waals surface area contributed by atoms with E-state index >= 15 is 0 Å². The number of hydrogen-bond donors (Lipinski definition) is 0. The van der Waals surface area contributed by atoms with Gasteiger partial charge in [-0.05, 0) is 31.1 Å². The van der Waals surface area contributed by atoms with Crippen molar-refractivity contribution in [3.8, 4) is 6.07 Å². The van der Waals surface area contributed by atoms with E-state index in [-0.39, 0.29) is 4.75 Å². The molecule has 0 aliphatic carbocycles. The number of nitrogens with zero attached hydrogens (tertiary/aromatic N) is 2. The lowest BCUT2D eigenvalue weighted by Crippen LogP contribution is -2.23. The van der Waals surface area contributed by atoms with Crippen LogP contribution in [0.15, 0.2) is 24.5 Å². The summed E-state index contributed by atoms with van der Waals surface area (Å²) < 4.78 is -0.327. The van der Waals surface area contributed by atoms with Crippen LogP contribution in [0.5, 0.6) is 0 Å². The van der Waals surface area contributed by atoms with E-state index in [4.69, 9.17) is 0 Å². The first-order chi connectivity index (χ1) is 6.87. The van der Waals surface area contributed by atoms with Gasteiger partial charge >= 0.3 is 0 Å². The molecule has 0 unspecified atom stereocenters. The maximum absolute atomic E-state index is 9.30. The van der Waals surface area contributed by atoms with E-state index in [2.05, 4.69) is 11.1 Å². The molecule has 0 spiro atoms. The summed E-state index contributed by atoms with van der Waals surface area (Å²) in [6, 6.07) is 6.37. The molecule has 1 aromatic heterocycles. The van der Waals surface area contributed by atoms with Crippen LogP contribution in [-0.2, 0) is 4.75 Å². The van der Waals surface area contributed by atoms with E-state index in [9.17, 15) is 5.26 Å². The van der Waals surface area contributed by atoms with Gasteiger partial charge < -0.3 is 0 Å². The molecule has 0 amide bonds. The average Bonchev–Trinajstić information content (AvgIpc) is 2.31. The Labute approximate surface area is 88.4 Å². The SMILES string of the molecule is N#C[C@@]1(c2cccnc2)CCCCS1. The van der Waals surface area contributed by atoms with Gasteiger partial charge in [-0.1, -0.05) is 6.07 Å². The minimum Gasteiger partial charge on any atom is -0.264 e. The lowest BCUT2D eigenvalue weighted by atomic mass is 9.95. The summed E-state index contributed by atoms with van der Waals surface area (Å²) in [4.78, 5) is 4.09. The molecule has 0 N–H and O–H groups in total. The molecule has 72 valence electrons. The number of hydrogen-bond acceptors (Lipinski definition) is 3. The van der Waals surface area contributed by atoms with Crippen LogP contribution in [-0.4, -0.2) is 10.7 Å². The molecule has 1 saturated heterocycles. The maximum atomic E-state index is 9.30. The average molecular weight is 204 g/mol. The fourth-order valence-corrected chi connectivity index (χ4v) is 3.11. The van der Waals surface area contributed by atoms with Crippen molar-refractivity contribution in [2.45, 2.75) is 24.0 Å². The number of pyridine rings is 1. The Kier molecular flexibility index (Phi) is 2.74. The van der Waals surface area contributed by atoms with Crippen molar-refractivity contribution in [3.63, 3.8) is 0 Å². The Hall–Kier alpha value is -1.01. The quantitative estimate of drug-likeness (QED) is 0.705. The zero-order valence-electron chi connectivity index (χ0n) is 7.94. The van der Waals surface area contributed by atoms with Crippen LogP contribution >= 0.6 is 11.8 Å². The first-order valence-corrected chi connectivity index (χ1v) is 5.82. The number of rotatable bonds is 1. The summed E-state index contributed by atoms with van der Waals surface area (Å²) in [6.07, 6.45) is 6.91. The van der Waals surface area contributed by atoms with Gasteiger partial charge in [0.1, 0.15) is 4.75 Å². The lowest BCUT2D eigenvalue weighted by Gasteiger charge is -2.29. The van der Waals surface area contributed by atoms with Gasteiger partial charge in [0.2, 0.25) is 0 Å². The van der Waals surface area contributed by atoms with Gasteiger partial charge in [0, 0.05) is 18.0 Å². The predicted octanol–water partition coefficient (Wildman–Crippen LogP) is 2.72. The number of aromatic nitrogens is 1. The van der Waals surface area contributed by atoms with Gasteiger partial charge in [0.15, 0.2) is 0 Å². The monoisotopic (exact) mass is 204 g/mol. The molecular formula is C11H12N2S. The summed E-state index contributed by atoms with van der Waals surface area (Å²) in [7, 11) is 0. The molecule has 3 heteroatoms. The standard InChI is InChI=1S/C11H12N2S/c12-9-11(5-1-2-7-14-11)10-4-3-6-13-8-10/h3-4,6,8H,1-2,5,7H2/t11-/m1/s1. The first kappa shape index (κ1) is 9.54. The highest BCUT2D eigenvalue weighted by molar-refractivity contribution is 8.00. The molecule has 1 aromatic rings. The Morgan fingerprint density at radius 2 is 2.43 bits per heavy atom. The summed E-state index contributed by atoms with van der Waals surface area (Å²) >= 11 is 1.76. The van der Waals surface area contributed by atoms with Crippen molar-refractivity contribution in [2.24, 2.45) is 0 Å². The fraction of sp³-hybridized carbons (Fsp3) is 0.455.